The number of amides is 1. The summed E-state index contributed by atoms with van der Waals surface area (Å²) < 4.78 is 18.5. The first-order valence-corrected chi connectivity index (χ1v) is 8.65. The van der Waals surface area contributed by atoms with E-state index in [0.29, 0.717) is 30.4 Å². The zero-order chi connectivity index (χ0) is 18.1. The Hall–Kier alpha value is -2.96. The van der Waals surface area contributed by atoms with Crippen LogP contribution in [-0.2, 0) is 4.79 Å². The zero-order valence-electron chi connectivity index (χ0n) is 14.4. The van der Waals surface area contributed by atoms with Crippen molar-refractivity contribution in [1.29, 1.82) is 0 Å². The number of H-pyrrole nitrogens is 1. The third-order valence-corrected chi connectivity index (χ3v) is 4.66. The molecule has 26 heavy (non-hydrogen) atoms. The van der Waals surface area contributed by atoms with E-state index in [2.05, 4.69) is 15.1 Å². The Bertz CT molecular complexity index is 916. The van der Waals surface area contributed by atoms with Crippen LogP contribution in [0.4, 0.5) is 10.1 Å². The summed E-state index contributed by atoms with van der Waals surface area (Å²) in [5, 5.41) is 4.08. The molecule has 1 aliphatic heterocycles. The molecule has 1 saturated heterocycles. The lowest BCUT2D eigenvalue weighted by Crippen LogP contribution is -2.30. The Morgan fingerprint density at radius 2 is 2.12 bits per heavy atom. The van der Waals surface area contributed by atoms with Crippen molar-refractivity contribution in [3.63, 3.8) is 0 Å². The van der Waals surface area contributed by atoms with Gasteiger partial charge in [-0.3, -0.25) is 4.79 Å². The van der Waals surface area contributed by atoms with Crippen LogP contribution in [0.3, 0.4) is 0 Å². The molecule has 0 radical (unpaired) electrons. The number of nitrogens with one attached hydrogen (secondary N) is 1. The van der Waals surface area contributed by atoms with Crippen LogP contribution in [0.2, 0.25) is 0 Å². The first-order chi connectivity index (χ1) is 12.6. The number of carbonyl (C=O) groups excluding carboxylic acids is 1. The van der Waals surface area contributed by atoms with E-state index >= 15 is 0 Å². The van der Waals surface area contributed by atoms with Crippen molar-refractivity contribution in [2.24, 2.45) is 0 Å². The normalized spacial score (nSPS) is 18.2. The minimum atomic E-state index is -0.312. The second-order valence-electron chi connectivity index (χ2n) is 6.61. The molecule has 1 aliphatic rings. The molecular weight excluding hydrogens is 335 g/mol. The van der Waals surface area contributed by atoms with Gasteiger partial charge in [-0.15, -0.1) is 0 Å². The molecule has 1 aromatic carbocycles. The van der Waals surface area contributed by atoms with E-state index in [9.17, 15) is 9.18 Å². The number of hydrogen-bond acceptors (Lipinski definition) is 4. The second kappa shape index (κ2) is 6.74. The Kier molecular flexibility index (Phi) is 4.28. The molecule has 0 saturated carbocycles. The summed E-state index contributed by atoms with van der Waals surface area (Å²) in [5.41, 5.74) is 2.57. The van der Waals surface area contributed by atoms with Crippen LogP contribution in [0, 0.1) is 12.7 Å². The van der Waals surface area contributed by atoms with Crippen molar-refractivity contribution >= 4 is 11.6 Å². The molecule has 1 unspecified atom stereocenters. The Labute approximate surface area is 150 Å². The maximum absolute atomic E-state index is 13.1. The third kappa shape index (κ3) is 3.24. The highest BCUT2D eigenvalue weighted by Gasteiger charge is 2.28. The van der Waals surface area contributed by atoms with E-state index < -0.39 is 0 Å². The minimum Gasteiger partial charge on any atom is -0.357 e. The summed E-state index contributed by atoms with van der Waals surface area (Å²) in [6.07, 6.45) is 3.79. The lowest BCUT2D eigenvalue weighted by molar-refractivity contribution is -0.118. The fourth-order valence-corrected chi connectivity index (χ4v) is 3.29. The highest BCUT2D eigenvalue weighted by Crippen LogP contribution is 2.30. The van der Waals surface area contributed by atoms with E-state index in [1.54, 1.807) is 17.0 Å². The quantitative estimate of drug-likeness (QED) is 0.776. The van der Waals surface area contributed by atoms with Crippen LogP contribution < -0.4 is 4.90 Å². The number of aromatic amines is 1. The number of halogens is 1. The van der Waals surface area contributed by atoms with Gasteiger partial charge in [0.15, 0.2) is 5.82 Å². The van der Waals surface area contributed by atoms with E-state index in [4.69, 9.17) is 4.52 Å². The van der Waals surface area contributed by atoms with Gasteiger partial charge in [0.05, 0.1) is 0 Å². The van der Waals surface area contributed by atoms with Crippen molar-refractivity contribution in [1.82, 2.24) is 15.1 Å². The average Bonchev–Trinajstić information content (AvgIpc) is 3.23. The molecule has 134 valence electrons. The molecule has 1 fully saturated rings. The van der Waals surface area contributed by atoms with Crippen LogP contribution >= 0.6 is 0 Å². The predicted molar refractivity (Wildman–Crippen MR) is 94.2 cm³/mol. The molecule has 3 aromatic rings. The SMILES string of the molecule is Cc1c[nH]c(-c2nc(C3CCCN(c4ccc(F)cc4)C(=O)C3)no2)c1. The Morgan fingerprint density at radius 3 is 2.85 bits per heavy atom. The number of aryl methyl sites for hydroxylation is 1. The first-order valence-electron chi connectivity index (χ1n) is 8.65. The largest absolute Gasteiger partial charge is 0.357 e. The molecule has 1 atom stereocenters. The van der Waals surface area contributed by atoms with Crippen molar-refractivity contribution in [3.05, 3.63) is 53.7 Å². The number of nitrogens with zero attached hydrogens (tertiary/aromatic N) is 3. The number of carbonyl (C=O) groups is 1. The average molecular weight is 354 g/mol. The van der Waals surface area contributed by atoms with Gasteiger partial charge in [0.25, 0.3) is 5.89 Å². The monoisotopic (exact) mass is 354 g/mol. The van der Waals surface area contributed by atoms with Gasteiger partial charge >= 0.3 is 0 Å². The molecule has 4 rings (SSSR count). The summed E-state index contributed by atoms with van der Waals surface area (Å²) in [6.45, 7) is 2.58. The van der Waals surface area contributed by atoms with Gasteiger partial charge in [-0.2, -0.15) is 4.98 Å². The molecule has 1 amide bonds. The predicted octanol–water partition coefficient (Wildman–Crippen LogP) is 3.81. The topological polar surface area (TPSA) is 75.0 Å². The summed E-state index contributed by atoms with van der Waals surface area (Å²) in [5.74, 6) is 0.581. The third-order valence-electron chi connectivity index (χ3n) is 4.66. The van der Waals surface area contributed by atoms with Crippen molar-refractivity contribution in [3.8, 4) is 11.6 Å². The summed E-state index contributed by atoms with van der Waals surface area (Å²) >= 11 is 0. The van der Waals surface area contributed by atoms with Crippen LogP contribution in [0.25, 0.3) is 11.6 Å². The Balaban J connectivity index is 1.52. The minimum absolute atomic E-state index is 0.0128. The molecule has 0 spiro atoms. The highest BCUT2D eigenvalue weighted by molar-refractivity contribution is 5.94. The molecular formula is C19H19FN4O2. The van der Waals surface area contributed by atoms with Crippen LogP contribution in [0.1, 0.15) is 36.6 Å². The molecule has 7 heteroatoms. The van der Waals surface area contributed by atoms with Crippen LogP contribution in [0.15, 0.2) is 41.1 Å². The molecule has 6 nitrogen and oxygen atoms in total. The number of hydrogen-bond donors (Lipinski definition) is 1. The molecule has 0 bridgehead atoms. The van der Waals surface area contributed by atoms with Gasteiger partial charge in [-0.05, 0) is 55.7 Å². The Morgan fingerprint density at radius 1 is 1.31 bits per heavy atom. The van der Waals surface area contributed by atoms with Crippen molar-refractivity contribution in [2.75, 3.05) is 11.4 Å². The number of aromatic nitrogens is 3. The number of rotatable bonds is 3. The van der Waals surface area contributed by atoms with Crippen molar-refractivity contribution < 1.29 is 13.7 Å². The second-order valence-corrected chi connectivity index (χ2v) is 6.61. The molecule has 1 N–H and O–H groups in total. The number of benzene rings is 1. The van der Waals surface area contributed by atoms with E-state index in [1.165, 1.54) is 12.1 Å². The summed E-state index contributed by atoms with van der Waals surface area (Å²) in [7, 11) is 0. The van der Waals surface area contributed by atoms with Gasteiger partial charge in [0, 0.05) is 30.8 Å². The van der Waals surface area contributed by atoms with E-state index in [1.807, 2.05) is 19.2 Å². The summed E-state index contributed by atoms with van der Waals surface area (Å²) in [6, 6.07) is 7.94. The maximum Gasteiger partial charge on any atom is 0.274 e. The highest BCUT2D eigenvalue weighted by atomic mass is 19.1. The van der Waals surface area contributed by atoms with Crippen LogP contribution in [0.5, 0.6) is 0 Å². The molecule has 3 heterocycles. The van der Waals surface area contributed by atoms with E-state index in [-0.39, 0.29) is 17.6 Å². The van der Waals surface area contributed by atoms with Crippen LogP contribution in [-0.4, -0.2) is 27.6 Å². The van der Waals surface area contributed by atoms with Crippen molar-refractivity contribution in [2.45, 2.75) is 32.1 Å². The number of anilines is 1. The van der Waals surface area contributed by atoms with Gasteiger partial charge < -0.3 is 14.4 Å². The zero-order valence-corrected chi connectivity index (χ0v) is 14.4. The molecule has 2 aromatic heterocycles. The fourth-order valence-electron chi connectivity index (χ4n) is 3.29. The standard InChI is InChI=1S/C19H19FN4O2/c1-12-9-16(21-11-12)19-22-18(23-26-19)13-3-2-8-24(17(25)10-13)15-6-4-14(20)5-7-15/h4-7,9,11,13,21H,2-3,8,10H2,1H3. The summed E-state index contributed by atoms with van der Waals surface area (Å²) in [4.78, 5) is 22.0. The lowest BCUT2D eigenvalue weighted by Gasteiger charge is -2.20. The van der Waals surface area contributed by atoms with Gasteiger partial charge in [0.1, 0.15) is 11.5 Å². The van der Waals surface area contributed by atoms with Gasteiger partial charge in [-0.1, -0.05) is 5.16 Å². The lowest BCUT2D eigenvalue weighted by atomic mass is 10.00. The van der Waals surface area contributed by atoms with E-state index in [0.717, 1.165) is 24.1 Å². The van der Waals surface area contributed by atoms with Gasteiger partial charge in [-0.25, -0.2) is 4.39 Å². The first kappa shape index (κ1) is 16.5. The molecule has 0 aliphatic carbocycles. The maximum atomic E-state index is 13.1. The smallest absolute Gasteiger partial charge is 0.274 e. The van der Waals surface area contributed by atoms with Gasteiger partial charge in [0.2, 0.25) is 5.91 Å². The fraction of sp³-hybridized carbons (Fsp3) is 0.316.